The van der Waals surface area contributed by atoms with E-state index in [1.807, 2.05) is 13.8 Å². The third-order valence-electron chi connectivity index (χ3n) is 2.55. The molecule has 0 atom stereocenters. The van der Waals surface area contributed by atoms with Crippen molar-refractivity contribution in [1.29, 1.82) is 0 Å². The molecule has 0 aliphatic rings. The number of nitrogens with zero attached hydrogens (tertiary/aromatic N) is 4. The normalized spacial score (nSPS) is 12.6. The Bertz CT molecular complexity index is 485. The molecule has 0 saturated heterocycles. The minimum Gasteiger partial charge on any atom is -0.330 e. The van der Waals surface area contributed by atoms with Crippen LogP contribution < -0.4 is 5.73 Å². The van der Waals surface area contributed by atoms with E-state index in [0.717, 1.165) is 0 Å². The van der Waals surface area contributed by atoms with Gasteiger partial charge in [0, 0.05) is 20.6 Å². The highest BCUT2D eigenvalue weighted by atomic mass is 35.5. The van der Waals surface area contributed by atoms with Gasteiger partial charge >= 0.3 is 0 Å². The van der Waals surface area contributed by atoms with Crippen molar-refractivity contribution in [2.24, 2.45) is 18.2 Å². The number of nitrogens with two attached hydrogens (primary N) is 1. The van der Waals surface area contributed by atoms with E-state index in [4.69, 9.17) is 5.73 Å². The van der Waals surface area contributed by atoms with Gasteiger partial charge in [-0.1, -0.05) is 19.1 Å². The van der Waals surface area contributed by atoms with Gasteiger partial charge in [-0.05, 0) is 12.0 Å². The smallest absolute Gasteiger partial charge is 0.261 e. The fourth-order valence-electron chi connectivity index (χ4n) is 1.43. The number of hydrogen-bond donors (Lipinski definition) is 1. The number of hydrogen-bond acceptors (Lipinski definition) is 5. The van der Waals surface area contributed by atoms with E-state index in [2.05, 4.69) is 10.3 Å². The summed E-state index contributed by atoms with van der Waals surface area (Å²) in [5.74, 6) is 0. The quantitative estimate of drug-likeness (QED) is 0.815. The molecule has 0 fully saturated rings. The van der Waals surface area contributed by atoms with Crippen LogP contribution in [0, 0.1) is 5.41 Å². The number of aryl methyl sites for hydroxylation is 1. The topological polar surface area (TPSA) is 94.1 Å². The van der Waals surface area contributed by atoms with Gasteiger partial charge in [-0.2, -0.15) is 4.31 Å². The number of rotatable bonds is 5. The minimum absolute atomic E-state index is 0. The van der Waals surface area contributed by atoms with Crippen LogP contribution in [-0.4, -0.2) is 47.9 Å². The molecule has 2 N–H and O–H groups in total. The van der Waals surface area contributed by atoms with Gasteiger partial charge in [0.2, 0.25) is 0 Å². The van der Waals surface area contributed by atoms with E-state index in [1.165, 1.54) is 22.2 Å². The molecule has 0 saturated carbocycles. The lowest BCUT2D eigenvalue weighted by molar-refractivity contribution is 0.290. The van der Waals surface area contributed by atoms with Gasteiger partial charge in [-0.25, -0.2) is 13.1 Å². The summed E-state index contributed by atoms with van der Waals surface area (Å²) in [5.41, 5.74) is 5.33. The SMILES string of the molecule is CN(CC(C)(C)CN)S(=O)(=O)c1cnnn1C.Cl. The van der Waals surface area contributed by atoms with Crippen LogP contribution >= 0.6 is 12.4 Å². The van der Waals surface area contributed by atoms with Crippen molar-refractivity contribution in [2.45, 2.75) is 18.9 Å². The minimum atomic E-state index is -3.55. The van der Waals surface area contributed by atoms with E-state index in [9.17, 15) is 8.42 Å². The summed E-state index contributed by atoms with van der Waals surface area (Å²) in [5, 5.41) is 7.26. The molecule has 7 nitrogen and oxygen atoms in total. The molecule has 0 aliphatic carbocycles. The van der Waals surface area contributed by atoms with Crippen LogP contribution in [0.2, 0.25) is 0 Å². The molecule has 0 aromatic carbocycles. The molecule has 0 unspecified atom stereocenters. The second-order valence-corrected chi connectivity index (χ2v) is 6.82. The molecule has 1 heterocycles. The Morgan fingerprint density at radius 2 is 2.06 bits per heavy atom. The van der Waals surface area contributed by atoms with Crippen LogP contribution in [0.4, 0.5) is 0 Å². The average molecular weight is 298 g/mol. The zero-order chi connectivity index (χ0) is 13.3. The molecule has 1 aromatic heterocycles. The predicted molar refractivity (Wildman–Crippen MR) is 70.9 cm³/mol. The Morgan fingerprint density at radius 3 is 2.44 bits per heavy atom. The fourth-order valence-corrected chi connectivity index (χ4v) is 2.82. The summed E-state index contributed by atoms with van der Waals surface area (Å²) in [7, 11) is -0.483. The zero-order valence-electron chi connectivity index (χ0n) is 11.0. The maximum Gasteiger partial charge on any atom is 0.261 e. The van der Waals surface area contributed by atoms with Gasteiger partial charge in [0.1, 0.15) is 0 Å². The monoisotopic (exact) mass is 297 g/mol. The molecule has 0 bridgehead atoms. The Labute approximate surface area is 114 Å². The largest absolute Gasteiger partial charge is 0.330 e. The Kier molecular flexibility index (Phi) is 5.73. The molecule has 1 rings (SSSR count). The number of sulfonamides is 1. The first-order valence-corrected chi connectivity index (χ1v) is 6.66. The molecular formula is C9H20ClN5O2S. The maximum absolute atomic E-state index is 12.2. The molecule has 0 amide bonds. The van der Waals surface area contributed by atoms with Gasteiger partial charge in [0.05, 0.1) is 6.20 Å². The van der Waals surface area contributed by atoms with Crippen LogP contribution in [0.5, 0.6) is 0 Å². The van der Waals surface area contributed by atoms with Crippen molar-refractivity contribution in [3.05, 3.63) is 6.20 Å². The molecule has 0 radical (unpaired) electrons. The van der Waals surface area contributed by atoms with Gasteiger partial charge in [0.25, 0.3) is 10.0 Å². The Morgan fingerprint density at radius 1 is 1.50 bits per heavy atom. The van der Waals surface area contributed by atoms with E-state index < -0.39 is 10.0 Å². The third kappa shape index (κ3) is 3.64. The maximum atomic E-state index is 12.2. The summed E-state index contributed by atoms with van der Waals surface area (Å²) >= 11 is 0. The average Bonchev–Trinajstić information content (AvgIpc) is 2.64. The fraction of sp³-hybridized carbons (Fsp3) is 0.778. The van der Waals surface area contributed by atoms with Gasteiger partial charge < -0.3 is 5.73 Å². The molecule has 1 aromatic rings. The zero-order valence-corrected chi connectivity index (χ0v) is 12.6. The second-order valence-electron chi connectivity index (χ2n) is 4.83. The highest BCUT2D eigenvalue weighted by molar-refractivity contribution is 7.89. The van der Waals surface area contributed by atoms with Crippen molar-refractivity contribution in [2.75, 3.05) is 20.1 Å². The Hall–Kier alpha value is -0.700. The molecule has 0 aliphatic heterocycles. The van der Waals surface area contributed by atoms with Gasteiger partial charge in [-0.3, -0.25) is 0 Å². The number of halogens is 1. The van der Waals surface area contributed by atoms with E-state index in [-0.39, 0.29) is 22.8 Å². The molecule has 18 heavy (non-hydrogen) atoms. The van der Waals surface area contributed by atoms with Crippen molar-refractivity contribution in [1.82, 2.24) is 19.3 Å². The highest BCUT2D eigenvalue weighted by Crippen LogP contribution is 2.19. The molecule has 106 valence electrons. The first kappa shape index (κ1) is 17.3. The standard InChI is InChI=1S/C9H19N5O2S.ClH/c1-9(2,6-10)7-13(3)17(15,16)8-5-11-12-14(8)4;/h5H,6-7,10H2,1-4H3;1H. The summed E-state index contributed by atoms with van der Waals surface area (Å²) in [6.07, 6.45) is 1.24. The van der Waals surface area contributed by atoms with Crippen molar-refractivity contribution in [3.8, 4) is 0 Å². The van der Waals surface area contributed by atoms with Crippen LogP contribution in [0.1, 0.15) is 13.8 Å². The Balaban J connectivity index is 0.00000289. The molecule has 0 spiro atoms. The van der Waals surface area contributed by atoms with E-state index in [0.29, 0.717) is 13.1 Å². The lowest BCUT2D eigenvalue weighted by Gasteiger charge is -2.28. The van der Waals surface area contributed by atoms with Crippen molar-refractivity contribution >= 4 is 22.4 Å². The van der Waals surface area contributed by atoms with Crippen molar-refractivity contribution < 1.29 is 8.42 Å². The molecular weight excluding hydrogens is 278 g/mol. The lowest BCUT2D eigenvalue weighted by atomic mass is 9.94. The highest BCUT2D eigenvalue weighted by Gasteiger charge is 2.29. The van der Waals surface area contributed by atoms with Crippen LogP contribution in [0.15, 0.2) is 11.2 Å². The van der Waals surface area contributed by atoms with E-state index >= 15 is 0 Å². The number of aromatic nitrogens is 3. The van der Waals surface area contributed by atoms with Crippen molar-refractivity contribution in [3.63, 3.8) is 0 Å². The summed E-state index contributed by atoms with van der Waals surface area (Å²) < 4.78 is 26.9. The van der Waals surface area contributed by atoms with Crippen LogP contribution in [0.3, 0.4) is 0 Å². The summed E-state index contributed by atoms with van der Waals surface area (Å²) in [4.78, 5) is 0. The van der Waals surface area contributed by atoms with Gasteiger partial charge in [-0.15, -0.1) is 17.5 Å². The predicted octanol–water partition coefficient (Wildman–Crippen LogP) is -0.158. The molecule has 9 heteroatoms. The van der Waals surface area contributed by atoms with E-state index in [1.54, 1.807) is 7.05 Å². The third-order valence-corrected chi connectivity index (χ3v) is 4.40. The van der Waals surface area contributed by atoms with Gasteiger partial charge in [0.15, 0.2) is 5.03 Å². The van der Waals surface area contributed by atoms with Crippen LogP contribution in [0.25, 0.3) is 0 Å². The summed E-state index contributed by atoms with van der Waals surface area (Å²) in [6.45, 7) is 4.59. The second kappa shape index (κ2) is 5.96. The summed E-state index contributed by atoms with van der Waals surface area (Å²) in [6, 6.07) is 0. The first-order valence-electron chi connectivity index (χ1n) is 5.22. The lowest BCUT2D eigenvalue weighted by Crippen LogP contribution is -2.40. The first-order chi connectivity index (χ1) is 7.70. The van der Waals surface area contributed by atoms with Crippen LogP contribution in [-0.2, 0) is 17.1 Å².